The third kappa shape index (κ3) is 0.708. The van der Waals surface area contributed by atoms with Crippen LogP contribution in [-0.2, 0) is 6.67 Å². The average molecular weight is 156 g/mol. The molecule has 2 rings (SSSR count). The first-order chi connectivity index (χ1) is 4.88. The molecule has 0 radical (unpaired) electrons. The van der Waals surface area contributed by atoms with Gasteiger partial charge in [-0.1, -0.05) is 11.6 Å². The number of nitrogens with zero attached hydrogens (tertiary/aromatic N) is 2. The molecule has 0 fully saturated rings. The largest absolute Gasteiger partial charge is 0.371 e. The topological polar surface area (TPSA) is 29.9 Å². The highest BCUT2D eigenvalue weighted by molar-refractivity contribution is 6.48. The SMILES string of the molecule is ClC1=CNCn2nccc21. The number of aromatic nitrogens is 2. The van der Waals surface area contributed by atoms with Crippen LogP contribution in [0.4, 0.5) is 0 Å². The monoisotopic (exact) mass is 155 g/mol. The van der Waals surface area contributed by atoms with Gasteiger partial charge in [0.1, 0.15) is 6.67 Å². The van der Waals surface area contributed by atoms with Crippen molar-refractivity contribution in [1.29, 1.82) is 0 Å². The van der Waals surface area contributed by atoms with Crippen LogP contribution in [0, 0.1) is 0 Å². The second-order valence-corrected chi connectivity index (χ2v) is 2.48. The van der Waals surface area contributed by atoms with Crippen molar-refractivity contribution < 1.29 is 0 Å². The summed E-state index contributed by atoms with van der Waals surface area (Å²) in [4.78, 5) is 0. The molecule has 0 aliphatic carbocycles. The van der Waals surface area contributed by atoms with E-state index in [1.54, 1.807) is 12.4 Å². The predicted molar refractivity (Wildman–Crippen MR) is 39.2 cm³/mol. The highest BCUT2D eigenvalue weighted by Crippen LogP contribution is 2.19. The quantitative estimate of drug-likeness (QED) is 0.606. The Morgan fingerprint density at radius 2 is 2.60 bits per heavy atom. The molecule has 0 bridgehead atoms. The highest BCUT2D eigenvalue weighted by Gasteiger charge is 2.08. The molecule has 3 nitrogen and oxygen atoms in total. The molecule has 0 aromatic carbocycles. The molecule has 1 N–H and O–H groups in total. The van der Waals surface area contributed by atoms with Crippen molar-refractivity contribution in [3.63, 3.8) is 0 Å². The lowest BCUT2D eigenvalue weighted by atomic mass is 10.4. The molecule has 10 heavy (non-hydrogen) atoms. The van der Waals surface area contributed by atoms with Crippen molar-refractivity contribution >= 4 is 16.6 Å². The van der Waals surface area contributed by atoms with Crippen LogP contribution in [-0.4, -0.2) is 9.78 Å². The Morgan fingerprint density at radius 3 is 3.40 bits per heavy atom. The number of nitrogens with one attached hydrogen (secondary N) is 1. The van der Waals surface area contributed by atoms with Crippen molar-refractivity contribution in [2.75, 3.05) is 0 Å². The summed E-state index contributed by atoms with van der Waals surface area (Å²) in [6.07, 6.45) is 3.51. The molecule has 0 saturated carbocycles. The standard InChI is InChI=1S/C6H6ClN3/c7-5-3-8-4-10-6(5)1-2-9-10/h1-3,8H,4H2. The van der Waals surface area contributed by atoms with Gasteiger partial charge in [0.05, 0.1) is 10.7 Å². The van der Waals surface area contributed by atoms with E-state index in [-0.39, 0.29) is 0 Å². The lowest BCUT2D eigenvalue weighted by Gasteiger charge is -2.11. The van der Waals surface area contributed by atoms with Crippen molar-refractivity contribution in [2.45, 2.75) is 6.67 Å². The van der Waals surface area contributed by atoms with Gasteiger partial charge >= 0.3 is 0 Å². The molecule has 0 amide bonds. The minimum absolute atomic E-state index is 0.707. The van der Waals surface area contributed by atoms with Crippen LogP contribution in [0.15, 0.2) is 18.5 Å². The third-order valence-corrected chi connectivity index (χ3v) is 1.73. The summed E-state index contributed by atoms with van der Waals surface area (Å²) in [7, 11) is 0. The molecule has 0 saturated heterocycles. The molecular weight excluding hydrogens is 150 g/mol. The highest BCUT2D eigenvalue weighted by atomic mass is 35.5. The van der Waals surface area contributed by atoms with Crippen LogP contribution in [0.5, 0.6) is 0 Å². The second-order valence-electron chi connectivity index (χ2n) is 2.07. The Labute approximate surface area is 63.3 Å². The molecule has 1 aliphatic rings. The van der Waals surface area contributed by atoms with Gasteiger partial charge in [-0.15, -0.1) is 0 Å². The van der Waals surface area contributed by atoms with Gasteiger partial charge in [-0.05, 0) is 6.07 Å². The Balaban J connectivity index is 2.55. The van der Waals surface area contributed by atoms with E-state index >= 15 is 0 Å². The van der Waals surface area contributed by atoms with Crippen molar-refractivity contribution in [1.82, 2.24) is 15.1 Å². The zero-order chi connectivity index (χ0) is 6.97. The van der Waals surface area contributed by atoms with Gasteiger partial charge in [-0.3, -0.25) is 0 Å². The maximum Gasteiger partial charge on any atom is 0.110 e. The predicted octanol–water partition coefficient (Wildman–Crippen LogP) is 0.981. The average Bonchev–Trinajstić information content (AvgIpc) is 2.36. The van der Waals surface area contributed by atoms with E-state index in [0.717, 1.165) is 5.69 Å². The summed E-state index contributed by atoms with van der Waals surface area (Å²) < 4.78 is 1.81. The molecule has 0 spiro atoms. The zero-order valence-electron chi connectivity index (χ0n) is 5.21. The van der Waals surface area contributed by atoms with E-state index in [2.05, 4.69) is 10.4 Å². The lowest BCUT2D eigenvalue weighted by molar-refractivity contribution is 0.559. The summed E-state index contributed by atoms with van der Waals surface area (Å²) in [6.45, 7) is 0.707. The number of hydrogen-bond acceptors (Lipinski definition) is 2. The molecule has 52 valence electrons. The van der Waals surface area contributed by atoms with Gasteiger partial charge in [-0.25, -0.2) is 4.68 Å². The van der Waals surface area contributed by atoms with Gasteiger partial charge in [0.25, 0.3) is 0 Å². The summed E-state index contributed by atoms with van der Waals surface area (Å²) in [5.74, 6) is 0. The maximum atomic E-state index is 5.83. The van der Waals surface area contributed by atoms with Gasteiger partial charge in [-0.2, -0.15) is 5.10 Å². The van der Waals surface area contributed by atoms with Crippen molar-refractivity contribution in [3.05, 3.63) is 24.2 Å². The Morgan fingerprint density at radius 1 is 1.70 bits per heavy atom. The van der Waals surface area contributed by atoms with E-state index in [1.807, 2.05) is 10.7 Å². The third-order valence-electron chi connectivity index (χ3n) is 1.43. The zero-order valence-corrected chi connectivity index (χ0v) is 5.97. The van der Waals surface area contributed by atoms with Gasteiger partial charge in [0.15, 0.2) is 0 Å². The van der Waals surface area contributed by atoms with E-state index in [9.17, 15) is 0 Å². The van der Waals surface area contributed by atoms with Gasteiger partial charge in [0.2, 0.25) is 0 Å². The number of rotatable bonds is 0. The summed E-state index contributed by atoms with van der Waals surface area (Å²) >= 11 is 5.83. The van der Waals surface area contributed by atoms with Gasteiger partial charge < -0.3 is 5.32 Å². The first kappa shape index (κ1) is 5.80. The second kappa shape index (κ2) is 2.02. The van der Waals surface area contributed by atoms with Gasteiger partial charge in [0, 0.05) is 12.4 Å². The fraction of sp³-hybridized carbons (Fsp3) is 0.167. The normalized spacial score (nSPS) is 15.5. The van der Waals surface area contributed by atoms with Crippen molar-refractivity contribution in [3.8, 4) is 0 Å². The van der Waals surface area contributed by atoms with E-state index in [4.69, 9.17) is 11.6 Å². The van der Waals surface area contributed by atoms with Crippen LogP contribution < -0.4 is 5.32 Å². The van der Waals surface area contributed by atoms with E-state index in [1.165, 1.54) is 0 Å². The van der Waals surface area contributed by atoms with Crippen LogP contribution in [0.2, 0.25) is 0 Å². The van der Waals surface area contributed by atoms with E-state index < -0.39 is 0 Å². The van der Waals surface area contributed by atoms with Crippen molar-refractivity contribution in [2.24, 2.45) is 0 Å². The minimum Gasteiger partial charge on any atom is -0.371 e. The number of halogens is 1. The first-order valence-electron chi connectivity index (χ1n) is 2.99. The number of fused-ring (bicyclic) bond motifs is 1. The fourth-order valence-electron chi connectivity index (χ4n) is 0.957. The molecule has 0 atom stereocenters. The maximum absolute atomic E-state index is 5.83. The van der Waals surface area contributed by atoms with Crippen LogP contribution in [0.25, 0.3) is 5.03 Å². The molecule has 1 aromatic heterocycles. The van der Waals surface area contributed by atoms with Crippen LogP contribution >= 0.6 is 11.6 Å². The fourth-order valence-corrected chi connectivity index (χ4v) is 1.19. The summed E-state index contributed by atoms with van der Waals surface area (Å²) in [5.41, 5.74) is 0.973. The molecular formula is C6H6ClN3. The summed E-state index contributed by atoms with van der Waals surface area (Å²) in [5, 5.41) is 7.73. The molecule has 0 unspecified atom stereocenters. The number of hydrogen-bond donors (Lipinski definition) is 1. The lowest BCUT2D eigenvalue weighted by Crippen LogP contribution is -2.19. The molecule has 4 heteroatoms. The Kier molecular flexibility index (Phi) is 1.17. The van der Waals surface area contributed by atoms with Crippen LogP contribution in [0.3, 0.4) is 0 Å². The Bertz CT molecular complexity index is 276. The minimum atomic E-state index is 0.707. The molecule has 2 heterocycles. The van der Waals surface area contributed by atoms with E-state index in [0.29, 0.717) is 11.7 Å². The first-order valence-corrected chi connectivity index (χ1v) is 3.37. The Hall–Kier alpha value is -0.960. The molecule has 1 aliphatic heterocycles. The smallest absolute Gasteiger partial charge is 0.110 e. The van der Waals surface area contributed by atoms with Crippen LogP contribution in [0.1, 0.15) is 5.69 Å². The molecule has 1 aromatic rings. The summed E-state index contributed by atoms with van der Waals surface area (Å²) in [6, 6.07) is 1.89.